The molecular weight excluding hydrogens is 516 g/mol. The molecule has 0 aromatic heterocycles. The van der Waals surface area contributed by atoms with Crippen molar-refractivity contribution in [2.24, 2.45) is 40.4 Å². The van der Waals surface area contributed by atoms with Crippen LogP contribution in [0.5, 0.6) is 0 Å². The van der Waals surface area contributed by atoms with E-state index in [2.05, 4.69) is 74.6 Å². The van der Waals surface area contributed by atoms with Crippen molar-refractivity contribution in [3.05, 3.63) is 23.8 Å². The van der Waals surface area contributed by atoms with Crippen LogP contribution in [0.15, 0.2) is 23.8 Å². The third kappa shape index (κ3) is 4.91. The van der Waals surface area contributed by atoms with Crippen LogP contribution in [-0.2, 0) is 23.4 Å². The van der Waals surface area contributed by atoms with Gasteiger partial charge in [0.2, 0.25) is 0 Å². The van der Waals surface area contributed by atoms with Gasteiger partial charge in [-0.15, -0.1) is 0 Å². The third-order valence-electron chi connectivity index (χ3n) is 12.6. The van der Waals surface area contributed by atoms with Gasteiger partial charge in [-0.25, -0.2) is 4.79 Å². The minimum atomic E-state index is -1.85. The summed E-state index contributed by atoms with van der Waals surface area (Å²) in [5, 5.41) is 0.215. The van der Waals surface area contributed by atoms with Gasteiger partial charge in [-0.1, -0.05) is 59.3 Å². The summed E-state index contributed by atoms with van der Waals surface area (Å²) in [5.41, 5.74) is 1.85. The molecule has 1 heterocycles. The predicted octanol–water partition coefficient (Wildman–Crippen LogP) is 8.06. The molecule has 226 valence electrons. The summed E-state index contributed by atoms with van der Waals surface area (Å²) < 4.78 is 25.7. The first-order valence-electron chi connectivity index (χ1n) is 15.9. The summed E-state index contributed by atoms with van der Waals surface area (Å²) in [5.74, 6) is 1.50. The highest BCUT2D eigenvalue weighted by molar-refractivity contribution is 6.74. The summed E-state index contributed by atoms with van der Waals surface area (Å²) in [6.07, 6.45) is 13.7. The Kier molecular flexibility index (Phi) is 7.67. The first kappa shape index (κ1) is 30.5. The van der Waals surface area contributed by atoms with E-state index in [1.807, 2.05) is 6.08 Å². The fraction of sp³-hybridized carbons (Fsp3) is 0.853. The Morgan fingerprint density at radius 2 is 1.73 bits per heavy atom. The van der Waals surface area contributed by atoms with E-state index in [0.717, 1.165) is 19.3 Å². The predicted molar refractivity (Wildman–Crippen MR) is 162 cm³/mol. The van der Waals surface area contributed by atoms with Gasteiger partial charge >= 0.3 is 5.97 Å². The van der Waals surface area contributed by atoms with E-state index in [1.165, 1.54) is 31.9 Å². The Hall–Kier alpha value is -0.953. The molecule has 0 spiro atoms. The van der Waals surface area contributed by atoms with Gasteiger partial charge in [0.1, 0.15) is 0 Å². The van der Waals surface area contributed by atoms with Crippen molar-refractivity contribution < 1.29 is 23.4 Å². The first-order chi connectivity index (χ1) is 18.4. The lowest BCUT2D eigenvalue weighted by atomic mass is 9.43. The molecule has 4 fully saturated rings. The number of carbonyl (C=O) groups excluding carboxylic acids is 1. The molecule has 0 amide bonds. The monoisotopic (exact) mass is 572 g/mol. The zero-order valence-corrected chi connectivity index (χ0v) is 28.1. The van der Waals surface area contributed by atoms with E-state index in [4.69, 9.17) is 18.6 Å². The minimum Gasteiger partial charge on any atom is -0.466 e. The number of methoxy groups -OCH3 is 1. The standard InChI is InChI=1S/C34H56O5Si/c1-21(12-15-27(35)36-9)23-13-14-24-28-25(17-19-33(23,24)7)34(8)18-16-22(39-40(10,11)31(2,3)4)20-26(34)29-30(28)38-32(5,6)37-29/h12-13,15,21-22,24-26,28-30H,14,16-20H2,1-11H3/b15-12+/t21-,22+,24?,25?,26?,28?,29-,30-,33-,34-/m1/s1. The molecule has 1 aliphatic heterocycles. The topological polar surface area (TPSA) is 54.0 Å². The number of ether oxygens (including phenoxy) is 3. The van der Waals surface area contributed by atoms with Crippen LogP contribution < -0.4 is 0 Å². The van der Waals surface area contributed by atoms with Gasteiger partial charge in [-0.05, 0) is 111 Å². The molecule has 0 bridgehead atoms. The van der Waals surface area contributed by atoms with E-state index in [9.17, 15) is 4.79 Å². The van der Waals surface area contributed by atoms with Crippen LogP contribution in [0.25, 0.3) is 0 Å². The quantitative estimate of drug-likeness (QED) is 0.144. The Bertz CT molecular complexity index is 1060. The van der Waals surface area contributed by atoms with Crippen molar-refractivity contribution >= 4 is 14.3 Å². The van der Waals surface area contributed by atoms with Crippen molar-refractivity contribution in [2.75, 3.05) is 7.11 Å². The average Bonchev–Trinajstić information content (AvgIpc) is 3.37. The highest BCUT2D eigenvalue weighted by Crippen LogP contribution is 2.69. The molecule has 4 aliphatic carbocycles. The van der Waals surface area contributed by atoms with Gasteiger partial charge in [-0.2, -0.15) is 0 Å². The van der Waals surface area contributed by atoms with Crippen LogP contribution in [0.3, 0.4) is 0 Å². The van der Waals surface area contributed by atoms with Crippen molar-refractivity contribution in [1.29, 1.82) is 0 Å². The van der Waals surface area contributed by atoms with Gasteiger partial charge < -0.3 is 18.6 Å². The van der Waals surface area contributed by atoms with E-state index in [0.29, 0.717) is 29.8 Å². The van der Waals surface area contributed by atoms with Crippen molar-refractivity contribution in [3.8, 4) is 0 Å². The van der Waals surface area contributed by atoms with Crippen molar-refractivity contribution in [2.45, 2.75) is 136 Å². The van der Waals surface area contributed by atoms with Crippen LogP contribution in [-0.4, -0.2) is 45.5 Å². The molecule has 0 radical (unpaired) electrons. The molecular formula is C34H56O5Si. The van der Waals surface area contributed by atoms with Gasteiger partial charge in [0.05, 0.1) is 19.3 Å². The van der Waals surface area contributed by atoms with Crippen LogP contribution in [0.4, 0.5) is 0 Å². The average molecular weight is 573 g/mol. The largest absolute Gasteiger partial charge is 0.466 e. The van der Waals surface area contributed by atoms with Crippen LogP contribution in [0.1, 0.15) is 93.9 Å². The van der Waals surface area contributed by atoms with Gasteiger partial charge in [0, 0.05) is 12.2 Å². The molecule has 0 aromatic rings. The second-order valence-corrected chi connectivity index (χ2v) is 21.0. The molecule has 40 heavy (non-hydrogen) atoms. The van der Waals surface area contributed by atoms with Crippen LogP contribution in [0.2, 0.25) is 18.1 Å². The van der Waals surface area contributed by atoms with Crippen LogP contribution in [0, 0.1) is 40.4 Å². The highest BCUT2D eigenvalue weighted by Gasteiger charge is 2.68. The molecule has 4 unspecified atom stereocenters. The maximum atomic E-state index is 11.8. The van der Waals surface area contributed by atoms with Crippen molar-refractivity contribution in [1.82, 2.24) is 0 Å². The lowest BCUT2D eigenvalue weighted by Crippen LogP contribution is -2.63. The molecule has 5 nitrogen and oxygen atoms in total. The molecule has 6 heteroatoms. The van der Waals surface area contributed by atoms with Crippen molar-refractivity contribution in [3.63, 3.8) is 0 Å². The number of allylic oxidation sites excluding steroid dienone is 3. The number of esters is 1. The first-order valence-corrected chi connectivity index (χ1v) is 18.8. The summed E-state index contributed by atoms with van der Waals surface area (Å²) in [4.78, 5) is 11.8. The Morgan fingerprint density at radius 3 is 2.38 bits per heavy atom. The summed E-state index contributed by atoms with van der Waals surface area (Å²) in [7, 11) is -0.405. The lowest BCUT2D eigenvalue weighted by molar-refractivity contribution is -0.182. The zero-order valence-electron chi connectivity index (χ0n) is 27.1. The van der Waals surface area contributed by atoms with E-state index in [-0.39, 0.29) is 40.0 Å². The Balaban J connectivity index is 1.43. The minimum absolute atomic E-state index is 0.119. The number of rotatable bonds is 5. The highest BCUT2D eigenvalue weighted by atomic mass is 28.4. The zero-order chi connectivity index (χ0) is 29.5. The summed E-state index contributed by atoms with van der Waals surface area (Å²) >= 11 is 0. The lowest BCUT2D eigenvalue weighted by Gasteiger charge is -2.63. The second-order valence-electron chi connectivity index (χ2n) is 16.3. The maximum Gasteiger partial charge on any atom is 0.330 e. The fourth-order valence-electron chi connectivity index (χ4n) is 9.55. The maximum absolute atomic E-state index is 11.8. The molecule has 5 aliphatic rings. The Labute approximate surface area is 244 Å². The third-order valence-corrected chi connectivity index (χ3v) is 17.1. The molecule has 1 saturated heterocycles. The summed E-state index contributed by atoms with van der Waals surface area (Å²) in [6, 6.07) is 0. The van der Waals surface area contributed by atoms with Crippen LogP contribution >= 0.6 is 0 Å². The molecule has 3 saturated carbocycles. The molecule has 0 aromatic carbocycles. The van der Waals surface area contributed by atoms with Gasteiger partial charge in [-0.3, -0.25) is 0 Å². The second kappa shape index (κ2) is 10.1. The number of fused-ring (bicyclic) bond motifs is 8. The fourth-order valence-corrected chi connectivity index (χ4v) is 11.0. The number of hydrogen-bond acceptors (Lipinski definition) is 5. The summed E-state index contributed by atoms with van der Waals surface area (Å²) in [6.45, 7) is 23.4. The smallest absolute Gasteiger partial charge is 0.330 e. The molecule has 5 rings (SSSR count). The molecule has 10 atom stereocenters. The van der Waals surface area contributed by atoms with Gasteiger partial charge in [0.25, 0.3) is 0 Å². The molecule has 0 N–H and O–H groups in total. The van der Waals surface area contributed by atoms with E-state index >= 15 is 0 Å². The van der Waals surface area contributed by atoms with E-state index < -0.39 is 14.1 Å². The normalized spacial score (nSPS) is 43.4. The number of carbonyl (C=O) groups is 1. The van der Waals surface area contributed by atoms with Gasteiger partial charge in [0.15, 0.2) is 14.1 Å². The number of hydrogen-bond donors (Lipinski definition) is 0. The van der Waals surface area contributed by atoms with E-state index in [1.54, 1.807) is 6.08 Å². The SMILES string of the molecule is COC(=O)/C=C/[C@@H](C)C1=CCC2C3C(CC[C@]12C)[C@@]1(C)CC[C@H](O[Si](C)(C)C(C)(C)C)CC1[C@H]1OC(C)(C)O[C@H]31. The Morgan fingerprint density at radius 1 is 1.05 bits per heavy atom.